The average molecular weight is 421 g/mol. The Labute approximate surface area is 144 Å². The molecular weight excluding hydrogens is 402 g/mol. The van der Waals surface area contributed by atoms with Gasteiger partial charge in [0.25, 0.3) is 0 Å². The highest BCUT2D eigenvalue weighted by atomic mass is 127. The van der Waals surface area contributed by atoms with Crippen molar-refractivity contribution < 1.29 is 18.2 Å². The van der Waals surface area contributed by atoms with E-state index in [4.69, 9.17) is 9.31 Å². The number of halogens is 3. The molecule has 0 saturated carbocycles. The van der Waals surface area contributed by atoms with E-state index in [2.05, 4.69) is 6.58 Å². The predicted molar refractivity (Wildman–Crippen MR) is 94.6 cm³/mol. The number of benzene rings is 1. The fourth-order valence-electron chi connectivity index (χ4n) is 2.37. The summed E-state index contributed by atoms with van der Waals surface area (Å²) in [5.74, 6) is -0.510. The van der Waals surface area contributed by atoms with E-state index >= 15 is 0 Å². The summed E-state index contributed by atoms with van der Waals surface area (Å²) in [5, 5.41) is 0. The lowest BCUT2D eigenvalue weighted by atomic mass is 9.74. The molecule has 0 aromatic heterocycles. The van der Waals surface area contributed by atoms with Crippen LogP contribution in [0.5, 0.6) is 0 Å². The minimum absolute atomic E-state index is 0.125. The van der Waals surface area contributed by atoms with E-state index in [1.807, 2.05) is 27.7 Å². The molecule has 7 heteroatoms. The van der Waals surface area contributed by atoms with Gasteiger partial charge in [-0.15, -0.1) is 3.34 Å². The summed E-state index contributed by atoms with van der Waals surface area (Å²) < 4.78 is 40.3. The summed E-state index contributed by atoms with van der Waals surface area (Å²) in [6, 6.07) is 1.33. The van der Waals surface area contributed by atoms with E-state index in [-0.39, 0.29) is 11.3 Å². The Morgan fingerprint density at radius 3 is 2.18 bits per heavy atom. The van der Waals surface area contributed by atoms with Crippen molar-refractivity contribution in [2.75, 3.05) is 3.34 Å². The zero-order valence-electron chi connectivity index (χ0n) is 13.3. The maximum atomic E-state index is 14.2. The molecule has 1 fully saturated rings. The van der Waals surface area contributed by atoms with Crippen molar-refractivity contribution in [3.63, 3.8) is 0 Å². The normalized spacial score (nSPS) is 19.4. The van der Waals surface area contributed by atoms with Crippen LogP contribution in [0.25, 0.3) is 6.08 Å². The molecule has 0 aliphatic carbocycles. The van der Waals surface area contributed by atoms with E-state index in [9.17, 15) is 8.87 Å². The summed E-state index contributed by atoms with van der Waals surface area (Å²) in [7, 11) is -0.775. The number of hydrogen-bond acceptors (Lipinski definition) is 3. The van der Waals surface area contributed by atoms with Crippen LogP contribution in [0.15, 0.2) is 12.6 Å². The molecule has 1 aromatic rings. The highest BCUT2D eigenvalue weighted by molar-refractivity contribution is 14.1. The molecule has 0 amide bonds. The maximum absolute atomic E-state index is 14.2. The highest BCUT2D eigenvalue weighted by Crippen LogP contribution is 2.38. The summed E-state index contributed by atoms with van der Waals surface area (Å²) in [6.45, 7) is 12.9. The first kappa shape index (κ1) is 17.7. The molecule has 0 unspecified atom stereocenters. The molecule has 120 valence electrons. The minimum atomic E-state index is -0.775. The quantitative estimate of drug-likeness (QED) is 0.417. The Kier molecular flexibility index (Phi) is 4.63. The van der Waals surface area contributed by atoms with Gasteiger partial charge in [-0.1, -0.05) is 17.1 Å². The van der Waals surface area contributed by atoms with Crippen LogP contribution >= 0.6 is 22.9 Å². The average Bonchev–Trinajstić information content (AvgIpc) is 2.60. The van der Waals surface area contributed by atoms with E-state index in [1.165, 1.54) is 41.9 Å². The zero-order valence-corrected chi connectivity index (χ0v) is 15.5. The molecule has 1 heterocycles. The van der Waals surface area contributed by atoms with E-state index in [0.29, 0.717) is 14.4 Å². The van der Waals surface area contributed by atoms with Gasteiger partial charge in [0.2, 0.25) is 0 Å². The van der Waals surface area contributed by atoms with Gasteiger partial charge in [-0.25, -0.2) is 4.39 Å². The fourth-order valence-corrected chi connectivity index (χ4v) is 2.99. The molecule has 0 N–H and O–H groups in total. The van der Waals surface area contributed by atoms with Gasteiger partial charge < -0.3 is 9.31 Å². The molecule has 3 nitrogen and oxygen atoms in total. The first-order valence-electron chi connectivity index (χ1n) is 6.94. The second-order valence-corrected chi connectivity index (χ2v) is 7.21. The molecule has 1 saturated heterocycles. The third-order valence-corrected chi connectivity index (χ3v) is 4.92. The van der Waals surface area contributed by atoms with Crippen LogP contribution < -0.4 is 8.80 Å². The van der Waals surface area contributed by atoms with Crippen LogP contribution in [-0.4, -0.2) is 18.3 Å². The number of nitrogens with zero attached hydrogens (tertiary/aromatic N) is 1. The molecule has 0 atom stereocenters. The van der Waals surface area contributed by atoms with Gasteiger partial charge >= 0.3 is 7.12 Å². The molecule has 22 heavy (non-hydrogen) atoms. The first-order chi connectivity index (χ1) is 10.0. The second kappa shape index (κ2) is 5.76. The Balaban J connectivity index is 2.60. The van der Waals surface area contributed by atoms with Gasteiger partial charge in [0.1, 0.15) is 5.82 Å². The molecule has 2 rings (SSSR count). The van der Waals surface area contributed by atoms with E-state index in [0.717, 1.165) is 0 Å². The van der Waals surface area contributed by atoms with Gasteiger partial charge in [-0.3, -0.25) is 0 Å². The van der Waals surface area contributed by atoms with E-state index < -0.39 is 24.1 Å². The third-order valence-electron chi connectivity index (χ3n) is 4.44. The smallest absolute Gasteiger partial charge is 0.399 e. The van der Waals surface area contributed by atoms with Gasteiger partial charge in [-0.2, -0.15) is 0 Å². The Bertz CT molecular complexity index is 604. The first-order valence-corrected chi connectivity index (χ1v) is 7.91. The van der Waals surface area contributed by atoms with Gasteiger partial charge in [-0.05, 0) is 46.1 Å². The number of hydrogen-bond donors (Lipinski definition) is 0. The molecule has 0 bridgehead atoms. The third kappa shape index (κ3) is 2.78. The second-order valence-electron chi connectivity index (χ2n) is 6.36. The maximum Gasteiger partial charge on any atom is 0.495 e. The topological polar surface area (TPSA) is 21.7 Å². The molecule has 0 spiro atoms. The van der Waals surface area contributed by atoms with Gasteiger partial charge in [0, 0.05) is 11.1 Å². The molecule has 1 aliphatic rings. The number of anilines is 1. The van der Waals surface area contributed by atoms with Crippen molar-refractivity contribution in [1.82, 2.24) is 0 Å². The number of rotatable bonds is 3. The Morgan fingerprint density at radius 1 is 1.27 bits per heavy atom. The summed E-state index contributed by atoms with van der Waals surface area (Å²) >= 11 is 1.46. The summed E-state index contributed by atoms with van der Waals surface area (Å²) in [4.78, 5) is 0. The molecular formula is C15H19BF2INO2. The summed E-state index contributed by atoms with van der Waals surface area (Å²) in [5.41, 5.74) is 0.127. The largest absolute Gasteiger partial charge is 0.495 e. The van der Waals surface area contributed by atoms with Crippen LogP contribution in [0.3, 0.4) is 0 Å². The van der Waals surface area contributed by atoms with Crippen LogP contribution in [0.2, 0.25) is 0 Å². The van der Waals surface area contributed by atoms with Crippen molar-refractivity contribution in [3.05, 3.63) is 29.6 Å². The van der Waals surface area contributed by atoms with Crippen LogP contribution in [0.1, 0.15) is 38.8 Å². The van der Waals surface area contributed by atoms with Gasteiger partial charge in [0.15, 0.2) is 0 Å². The Hall–Kier alpha value is -0.665. The predicted octanol–water partition coefficient (Wildman–Crippen LogP) is 4.12. The molecule has 1 aliphatic heterocycles. The molecule has 0 radical (unpaired) electrons. The van der Waals surface area contributed by atoms with Crippen molar-refractivity contribution in [2.45, 2.75) is 45.8 Å². The van der Waals surface area contributed by atoms with Crippen molar-refractivity contribution in [3.8, 4) is 0 Å². The van der Waals surface area contributed by atoms with Crippen molar-refractivity contribution in [2.24, 2.45) is 0 Å². The van der Waals surface area contributed by atoms with Crippen molar-refractivity contribution >= 4 is 47.2 Å². The standard InChI is InChI=1S/C15H19BF2INO2/c1-7-10-11(8-12(17)9(2)13(10)20(18)19)16-21-14(3,4)15(5,6)22-16/h7-8H,1H2,2-6H3. The highest BCUT2D eigenvalue weighted by Gasteiger charge is 2.52. The van der Waals surface area contributed by atoms with Crippen LogP contribution in [0, 0.1) is 12.7 Å². The zero-order chi connectivity index (χ0) is 16.9. The van der Waals surface area contributed by atoms with Crippen molar-refractivity contribution in [1.29, 1.82) is 0 Å². The lowest BCUT2D eigenvalue weighted by Crippen LogP contribution is -2.41. The fraction of sp³-hybridized carbons (Fsp3) is 0.467. The Morgan fingerprint density at radius 2 is 1.77 bits per heavy atom. The minimum Gasteiger partial charge on any atom is -0.399 e. The monoisotopic (exact) mass is 421 g/mol. The SMILES string of the molecule is C=Cc1c(B2OC(C)(C)C(C)(C)O2)cc(F)c(C)c1N(F)I. The van der Waals surface area contributed by atoms with Gasteiger partial charge in [0.05, 0.1) is 39.8 Å². The van der Waals surface area contributed by atoms with Crippen LogP contribution in [-0.2, 0) is 9.31 Å². The lowest BCUT2D eigenvalue weighted by Gasteiger charge is -2.32. The molecule has 1 aromatic carbocycles. The van der Waals surface area contributed by atoms with E-state index in [1.54, 1.807) is 0 Å². The lowest BCUT2D eigenvalue weighted by molar-refractivity contribution is 0.00578. The summed E-state index contributed by atoms with van der Waals surface area (Å²) in [6.07, 6.45) is 1.49. The van der Waals surface area contributed by atoms with Crippen LogP contribution in [0.4, 0.5) is 14.6 Å².